The number of H-pyrrole nitrogens is 1. The molecule has 0 aliphatic carbocycles. The molecule has 0 spiro atoms. The van der Waals surface area contributed by atoms with Crippen LogP contribution in [-0.4, -0.2) is 20.6 Å². The van der Waals surface area contributed by atoms with Crippen molar-refractivity contribution in [3.8, 4) is 5.69 Å². The Balaban J connectivity index is 2.71. The minimum Gasteiger partial charge on any atom is -0.477 e. The van der Waals surface area contributed by atoms with Gasteiger partial charge in [0.1, 0.15) is 5.56 Å². The summed E-state index contributed by atoms with van der Waals surface area (Å²) in [6, 6.07) is 5.26. The Labute approximate surface area is 108 Å². The van der Waals surface area contributed by atoms with Crippen molar-refractivity contribution in [1.82, 2.24) is 9.55 Å². The molecule has 0 saturated heterocycles. The average molecular weight is 260 g/mol. The molecule has 0 atom stereocenters. The van der Waals surface area contributed by atoms with Crippen LogP contribution in [0.25, 0.3) is 5.69 Å². The number of carboxylic acids is 1. The first-order valence-electron chi connectivity index (χ1n) is 5.57. The molecule has 6 heteroatoms. The Morgan fingerprint density at radius 3 is 2.47 bits per heavy atom. The first-order chi connectivity index (χ1) is 8.90. The maximum absolute atomic E-state index is 11.7. The number of hydrogen-bond donors (Lipinski definition) is 2. The molecular formula is C13H12N2O4. The minimum absolute atomic E-state index is 0.474. The second-order valence-electron chi connectivity index (χ2n) is 4.25. The van der Waals surface area contributed by atoms with Crippen molar-refractivity contribution in [2.45, 2.75) is 13.8 Å². The molecule has 0 amide bonds. The molecule has 0 aliphatic rings. The Morgan fingerprint density at radius 1 is 1.21 bits per heavy atom. The maximum Gasteiger partial charge on any atom is 0.342 e. The number of aryl methyl sites for hydroxylation is 2. The van der Waals surface area contributed by atoms with E-state index < -0.39 is 22.8 Å². The summed E-state index contributed by atoms with van der Waals surface area (Å²) in [5.74, 6) is -1.38. The molecule has 1 aromatic heterocycles. The topological polar surface area (TPSA) is 92.2 Å². The van der Waals surface area contributed by atoms with Crippen molar-refractivity contribution >= 4 is 5.97 Å². The molecule has 0 saturated carbocycles. The van der Waals surface area contributed by atoms with Gasteiger partial charge in [-0.2, -0.15) is 0 Å². The lowest BCUT2D eigenvalue weighted by atomic mass is 10.1. The van der Waals surface area contributed by atoms with Crippen molar-refractivity contribution in [3.63, 3.8) is 0 Å². The van der Waals surface area contributed by atoms with Crippen molar-refractivity contribution in [1.29, 1.82) is 0 Å². The second-order valence-corrected chi connectivity index (χ2v) is 4.25. The van der Waals surface area contributed by atoms with Crippen LogP contribution in [0.1, 0.15) is 21.5 Å². The van der Waals surface area contributed by atoms with E-state index in [2.05, 4.69) is 0 Å². The summed E-state index contributed by atoms with van der Waals surface area (Å²) in [6.45, 7) is 3.81. The van der Waals surface area contributed by atoms with Crippen LogP contribution in [0, 0.1) is 13.8 Å². The van der Waals surface area contributed by atoms with Crippen LogP contribution in [0.4, 0.5) is 0 Å². The van der Waals surface area contributed by atoms with Crippen LogP contribution in [-0.2, 0) is 0 Å². The molecule has 0 unspecified atom stereocenters. The summed E-state index contributed by atoms with van der Waals surface area (Å²) in [4.78, 5) is 36.0. The fourth-order valence-corrected chi connectivity index (χ4v) is 1.69. The number of rotatable bonds is 2. The zero-order chi connectivity index (χ0) is 14.2. The molecule has 2 aromatic rings. The van der Waals surface area contributed by atoms with E-state index >= 15 is 0 Å². The van der Waals surface area contributed by atoms with Gasteiger partial charge in [0, 0.05) is 6.20 Å². The molecule has 6 nitrogen and oxygen atoms in total. The van der Waals surface area contributed by atoms with Gasteiger partial charge in [0.2, 0.25) is 0 Å². The van der Waals surface area contributed by atoms with Gasteiger partial charge >= 0.3 is 11.7 Å². The molecule has 0 fully saturated rings. The van der Waals surface area contributed by atoms with Crippen molar-refractivity contribution < 1.29 is 9.90 Å². The lowest BCUT2D eigenvalue weighted by molar-refractivity contribution is 0.0694. The van der Waals surface area contributed by atoms with Gasteiger partial charge in [-0.3, -0.25) is 14.3 Å². The number of benzene rings is 1. The number of aromatic carboxylic acids is 1. The van der Waals surface area contributed by atoms with E-state index in [4.69, 9.17) is 5.11 Å². The molecule has 0 radical (unpaired) electrons. The normalized spacial score (nSPS) is 10.4. The highest BCUT2D eigenvalue weighted by atomic mass is 16.4. The van der Waals surface area contributed by atoms with Gasteiger partial charge in [-0.25, -0.2) is 9.59 Å². The van der Waals surface area contributed by atoms with Crippen molar-refractivity contribution in [2.24, 2.45) is 0 Å². The largest absolute Gasteiger partial charge is 0.477 e. The number of nitrogens with zero attached hydrogens (tertiary/aromatic N) is 1. The van der Waals surface area contributed by atoms with Crippen LogP contribution >= 0.6 is 0 Å². The van der Waals surface area contributed by atoms with E-state index in [-0.39, 0.29) is 0 Å². The smallest absolute Gasteiger partial charge is 0.342 e. The highest BCUT2D eigenvalue weighted by molar-refractivity contribution is 5.86. The van der Waals surface area contributed by atoms with E-state index in [1.807, 2.05) is 24.9 Å². The number of carbonyl (C=O) groups is 1. The van der Waals surface area contributed by atoms with Gasteiger partial charge in [0.15, 0.2) is 0 Å². The molecule has 1 aromatic carbocycles. The summed E-state index contributed by atoms with van der Waals surface area (Å²) in [5.41, 5.74) is 0.479. The van der Waals surface area contributed by atoms with E-state index in [0.717, 1.165) is 21.9 Å². The summed E-state index contributed by atoms with van der Waals surface area (Å²) in [5, 5.41) is 8.89. The predicted octanol–water partition coefficient (Wildman–Crippen LogP) is 0.841. The van der Waals surface area contributed by atoms with E-state index in [9.17, 15) is 14.4 Å². The average Bonchev–Trinajstić information content (AvgIpc) is 2.32. The van der Waals surface area contributed by atoms with Crippen LogP contribution < -0.4 is 11.2 Å². The summed E-state index contributed by atoms with van der Waals surface area (Å²) < 4.78 is 1.11. The molecule has 0 aliphatic heterocycles. The number of hydrogen-bond acceptors (Lipinski definition) is 3. The summed E-state index contributed by atoms with van der Waals surface area (Å²) in [6.07, 6.45) is 1.04. The number of carboxylic acid groups (broad SMARTS) is 1. The first kappa shape index (κ1) is 12.8. The van der Waals surface area contributed by atoms with Crippen LogP contribution in [0.3, 0.4) is 0 Å². The number of aromatic nitrogens is 2. The van der Waals surface area contributed by atoms with Crippen LogP contribution in [0.2, 0.25) is 0 Å². The molecule has 19 heavy (non-hydrogen) atoms. The highest BCUT2D eigenvalue weighted by Gasteiger charge is 2.12. The summed E-state index contributed by atoms with van der Waals surface area (Å²) in [7, 11) is 0. The SMILES string of the molecule is Cc1ccc(-n2cc(C(=O)O)c(=O)[nH]c2=O)cc1C. The molecule has 98 valence electrons. The predicted molar refractivity (Wildman–Crippen MR) is 69.1 cm³/mol. The van der Waals surface area contributed by atoms with Gasteiger partial charge < -0.3 is 5.11 Å². The third kappa shape index (κ3) is 2.33. The zero-order valence-electron chi connectivity index (χ0n) is 10.4. The Bertz CT molecular complexity index is 771. The fraction of sp³-hybridized carbons (Fsp3) is 0.154. The van der Waals surface area contributed by atoms with Crippen LogP contribution in [0.5, 0.6) is 0 Å². The van der Waals surface area contributed by atoms with Crippen molar-refractivity contribution in [3.05, 3.63) is 61.9 Å². The second kappa shape index (κ2) is 4.56. The number of aromatic amines is 1. The van der Waals surface area contributed by atoms with Crippen molar-refractivity contribution in [2.75, 3.05) is 0 Å². The molecule has 2 rings (SSSR count). The number of nitrogens with one attached hydrogen (secondary N) is 1. The van der Waals surface area contributed by atoms with Gasteiger partial charge in [0.05, 0.1) is 5.69 Å². The minimum atomic E-state index is -1.38. The molecule has 2 N–H and O–H groups in total. The van der Waals surface area contributed by atoms with Gasteiger partial charge in [0.25, 0.3) is 5.56 Å². The van der Waals surface area contributed by atoms with Gasteiger partial charge in [-0.15, -0.1) is 0 Å². The van der Waals surface area contributed by atoms with E-state index in [1.54, 1.807) is 12.1 Å². The van der Waals surface area contributed by atoms with Gasteiger partial charge in [-0.05, 0) is 37.1 Å². The Kier molecular flexibility index (Phi) is 3.08. The lowest BCUT2D eigenvalue weighted by Gasteiger charge is -2.08. The first-order valence-corrected chi connectivity index (χ1v) is 5.57. The maximum atomic E-state index is 11.7. The highest BCUT2D eigenvalue weighted by Crippen LogP contribution is 2.12. The molecule has 1 heterocycles. The van der Waals surface area contributed by atoms with Gasteiger partial charge in [-0.1, -0.05) is 6.07 Å². The lowest BCUT2D eigenvalue weighted by Crippen LogP contribution is -2.32. The van der Waals surface area contributed by atoms with Crippen LogP contribution in [0.15, 0.2) is 34.0 Å². The molecule has 0 bridgehead atoms. The Hall–Kier alpha value is -2.63. The fourth-order valence-electron chi connectivity index (χ4n) is 1.69. The Morgan fingerprint density at radius 2 is 1.89 bits per heavy atom. The third-order valence-corrected chi connectivity index (χ3v) is 2.94. The standard InChI is InChI=1S/C13H12N2O4/c1-7-3-4-9(5-8(7)2)15-6-10(12(17)18)11(16)14-13(15)19/h3-6H,1-2H3,(H,17,18)(H,14,16,19). The van der Waals surface area contributed by atoms with E-state index in [1.165, 1.54) is 0 Å². The summed E-state index contributed by atoms with van der Waals surface area (Å²) >= 11 is 0. The third-order valence-electron chi connectivity index (χ3n) is 2.94. The van der Waals surface area contributed by atoms with E-state index in [0.29, 0.717) is 5.69 Å². The molecular weight excluding hydrogens is 248 g/mol. The quantitative estimate of drug-likeness (QED) is 0.836. The monoisotopic (exact) mass is 260 g/mol. The zero-order valence-corrected chi connectivity index (χ0v) is 10.4.